The highest BCUT2D eigenvalue weighted by Crippen LogP contribution is 2.44. The van der Waals surface area contributed by atoms with Gasteiger partial charge in [-0.05, 0) is 164 Å². The second-order valence-electron chi connectivity index (χ2n) is 20.4. The summed E-state index contributed by atoms with van der Waals surface area (Å²) in [6.45, 7) is 0. The van der Waals surface area contributed by atoms with Crippen LogP contribution in [0.3, 0.4) is 0 Å². The van der Waals surface area contributed by atoms with Crippen molar-refractivity contribution in [3.05, 3.63) is 267 Å². The van der Waals surface area contributed by atoms with E-state index in [0.717, 1.165) is 132 Å². The lowest BCUT2D eigenvalue weighted by Gasteiger charge is -2.19. The predicted molar refractivity (Wildman–Crippen MR) is 325 cm³/mol. The molecular weight excluding hydrogens is 953 g/mol. The van der Waals surface area contributed by atoms with E-state index in [9.17, 15) is 0 Å². The van der Waals surface area contributed by atoms with Crippen LogP contribution in [-0.2, 0) is 0 Å². The molecule has 0 fully saturated rings. The number of hydrogen-bond donors (Lipinski definition) is 0. The van der Waals surface area contributed by atoms with Crippen LogP contribution in [0.1, 0.15) is 0 Å². The molecule has 364 valence electrons. The maximum absolute atomic E-state index is 7.10. The van der Waals surface area contributed by atoms with E-state index in [4.69, 9.17) is 8.83 Å². The van der Waals surface area contributed by atoms with E-state index in [1.807, 2.05) is 0 Å². The van der Waals surface area contributed by atoms with Crippen molar-refractivity contribution < 1.29 is 8.83 Å². The molecule has 0 spiro atoms. The van der Waals surface area contributed by atoms with Crippen molar-refractivity contribution in [3.8, 4) is 22.7 Å². The molecule has 78 heavy (non-hydrogen) atoms. The Labute approximate surface area is 445 Å². The van der Waals surface area contributed by atoms with Gasteiger partial charge in [-0.1, -0.05) is 146 Å². The largest absolute Gasteiger partial charge is 0.453 e. The fourth-order valence-corrected chi connectivity index (χ4v) is 12.9. The fourth-order valence-electron chi connectivity index (χ4n) is 12.9. The zero-order valence-corrected chi connectivity index (χ0v) is 42.0. The van der Waals surface area contributed by atoms with Gasteiger partial charge in [-0.15, -0.1) is 0 Å². The third-order valence-corrected chi connectivity index (χ3v) is 16.2. The highest BCUT2D eigenvalue weighted by atomic mass is 16.3. The Morgan fingerprint density at radius 3 is 0.846 bits per heavy atom. The molecule has 0 atom stereocenters. The van der Waals surface area contributed by atoms with Crippen LogP contribution < -0.4 is 0 Å². The SMILES string of the molecule is c1ccc(-n2c3ccccc3oc3cc4c5ccc(-n6c7ccccc7c7ccccc76)cc5c5cc(-n6c7ccccc7c7ccccc76)ccc5c5cc6oc7ccccc7n(-c7ccccc7)c6cc5c4cc32)cc1. The summed E-state index contributed by atoms with van der Waals surface area (Å²) in [4.78, 5) is 0. The van der Waals surface area contributed by atoms with Gasteiger partial charge in [0.25, 0.3) is 0 Å². The Balaban J connectivity index is 1.12. The highest BCUT2D eigenvalue weighted by Gasteiger charge is 2.21. The van der Waals surface area contributed by atoms with Gasteiger partial charge in [0.15, 0.2) is 22.3 Å². The van der Waals surface area contributed by atoms with Gasteiger partial charge < -0.3 is 27.1 Å². The van der Waals surface area contributed by atoms with Crippen LogP contribution in [-0.4, -0.2) is 18.3 Å². The number of benzene rings is 12. The minimum Gasteiger partial charge on any atom is -0.453 e. The third kappa shape index (κ3) is 6.19. The smallest absolute Gasteiger partial charge is 0.152 e. The van der Waals surface area contributed by atoms with E-state index in [1.165, 1.54) is 21.5 Å². The van der Waals surface area contributed by atoms with Gasteiger partial charge in [-0.2, -0.15) is 0 Å². The molecule has 17 aromatic rings. The van der Waals surface area contributed by atoms with Crippen LogP contribution >= 0.6 is 0 Å². The number of rotatable bonds is 4. The number of fused-ring (bicyclic) bond motifs is 18. The molecule has 0 radical (unpaired) electrons. The molecular formula is C72H44N4O2. The van der Waals surface area contributed by atoms with Crippen molar-refractivity contribution in [3.63, 3.8) is 0 Å². The van der Waals surface area contributed by atoms with Crippen molar-refractivity contribution >= 4 is 131 Å². The first-order chi connectivity index (χ1) is 38.7. The van der Waals surface area contributed by atoms with Crippen LogP contribution in [0.4, 0.5) is 0 Å². The average Bonchev–Trinajstić information content (AvgIpc) is 4.09. The third-order valence-electron chi connectivity index (χ3n) is 16.2. The van der Waals surface area contributed by atoms with Gasteiger partial charge in [-0.25, -0.2) is 0 Å². The molecule has 4 heterocycles. The van der Waals surface area contributed by atoms with E-state index in [1.54, 1.807) is 0 Å². The predicted octanol–water partition coefficient (Wildman–Crippen LogP) is 19.6. The minimum absolute atomic E-state index is 0.774. The molecule has 0 saturated heterocycles. The molecule has 0 bridgehead atoms. The molecule has 17 rings (SSSR count). The van der Waals surface area contributed by atoms with E-state index in [2.05, 4.69) is 285 Å². The zero-order chi connectivity index (χ0) is 51.0. The van der Waals surface area contributed by atoms with Gasteiger partial charge in [0.2, 0.25) is 0 Å². The van der Waals surface area contributed by atoms with Gasteiger partial charge >= 0.3 is 0 Å². The van der Waals surface area contributed by atoms with E-state index >= 15 is 0 Å². The zero-order valence-electron chi connectivity index (χ0n) is 42.0. The van der Waals surface area contributed by atoms with Crippen LogP contribution in [0.2, 0.25) is 0 Å². The maximum Gasteiger partial charge on any atom is 0.152 e. The number of nitrogens with zero attached hydrogens (tertiary/aromatic N) is 4. The van der Waals surface area contributed by atoms with Crippen molar-refractivity contribution in [1.82, 2.24) is 18.3 Å². The molecule has 0 amide bonds. The van der Waals surface area contributed by atoms with Gasteiger partial charge in [0, 0.05) is 44.3 Å². The number of aromatic nitrogens is 4. The Kier molecular flexibility index (Phi) is 9.03. The van der Waals surface area contributed by atoms with Crippen LogP contribution in [0.15, 0.2) is 276 Å². The first-order valence-corrected chi connectivity index (χ1v) is 26.6. The minimum atomic E-state index is 0.774. The molecule has 0 unspecified atom stereocenters. The van der Waals surface area contributed by atoms with E-state index < -0.39 is 0 Å². The lowest BCUT2D eigenvalue weighted by Crippen LogP contribution is -2.01. The highest BCUT2D eigenvalue weighted by molar-refractivity contribution is 6.29. The van der Waals surface area contributed by atoms with E-state index in [0.29, 0.717) is 0 Å². The standard InChI is InChI=1S/C72H44N4O2/c1-3-19-45(20-4-1)73-65-31-15-17-33-69(65)77-71-43-59-49-37-35-47(75-61-27-11-7-23-51(61)52-24-8-12-28-62(52)75)39-55(49)56-40-48(76-63-29-13-9-25-53(63)54-26-10-14-30-64(54)76)36-38-50(56)60-44-72-68(42-58(60)57(59)41-67(71)73)74(46-21-5-2-6-22-46)66-32-16-18-34-70(66)78-72/h1-44H. The van der Waals surface area contributed by atoms with Gasteiger partial charge in [0.05, 0.1) is 44.1 Å². The topological polar surface area (TPSA) is 46.0 Å². The Morgan fingerprint density at radius 2 is 0.462 bits per heavy atom. The van der Waals surface area contributed by atoms with Gasteiger partial charge in [-0.3, -0.25) is 0 Å². The molecule has 13 aromatic carbocycles. The first kappa shape index (κ1) is 42.8. The summed E-state index contributed by atoms with van der Waals surface area (Å²) in [6, 6.07) is 96.5. The van der Waals surface area contributed by atoms with Crippen LogP contribution in [0.25, 0.3) is 154 Å². The number of hydrogen-bond acceptors (Lipinski definition) is 2. The van der Waals surface area contributed by atoms with Crippen molar-refractivity contribution in [2.75, 3.05) is 0 Å². The van der Waals surface area contributed by atoms with Gasteiger partial charge in [0.1, 0.15) is 0 Å². The van der Waals surface area contributed by atoms with Crippen LogP contribution in [0.5, 0.6) is 0 Å². The van der Waals surface area contributed by atoms with Crippen molar-refractivity contribution in [1.29, 1.82) is 0 Å². The molecule has 0 aliphatic rings. The monoisotopic (exact) mass is 996 g/mol. The normalized spacial score (nSPS) is 12.1. The maximum atomic E-state index is 7.10. The molecule has 0 saturated carbocycles. The summed E-state index contributed by atoms with van der Waals surface area (Å²) in [5.74, 6) is 0. The van der Waals surface area contributed by atoms with Crippen molar-refractivity contribution in [2.24, 2.45) is 0 Å². The summed E-state index contributed by atoms with van der Waals surface area (Å²) in [6.07, 6.45) is 0. The first-order valence-electron chi connectivity index (χ1n) is 26.6. The lowest BCUT2D eigenvalue weighted by atomic mass is 9.93. The second-order valence-corrected chi connectivity index (χ2v) is 20.4. The molecule has 4 aromatic heterocycles. The fraction of sp³-hybridized carbons (Fsp3) is 0. The molecule has 0 N–H and O–H groups in total. The molecule has 0 aliphatic heterocycles. The Hall–Kier alpha value is -10.6. The number of para-hydroxylation sites is 10. The summed E-state index contributed by atoms with van der Waals surface area (Å²) < 4.78 is 23.7. The quantitative estimate of drug-likeness (QED) is 0.165. The second kappa shape index (κ2) is 16.5. The molecule has 6 heteroatoms. The summed E-state index contributed by atoms with van der Waals surface area (Å²) in [7, 11) is 0. The lowest BCUT2D eigenvalue weighted by molar-refractivity contribution is 0.653. The molecule has 6 nitrogen and oxygen atoms in total. The molecule has 0 aliphatic carbocycles. The summed E-state index contributed by atoms with van der Waals surface area (Å²) in [5.41, 5.74) is 15.9. The summed E-state index contributed by atoms with van der Waals surface area (Å²) in [5, 5.41) is 13.5. The van der Waals surface area contributed by atoms with Crippen molar-refractivity contribution in [2.45, 2.75) is 0 Å². The van der Waals surface area contributed by atoms with Crippen LogP contribution in [0, 0.1) is 0 Å². The Morgan fingerprint density at radius 1 is 0.167 bits per heavy atom. The average molecular weight is 997 g/mol. The van der Waals surface area contributed by atoms with E-state index in [-0.39, 0.29) is 0 Å². The summed E-state index contributed by atoms with van der Waals surface area (Å²) >= 11 is 0. The Bertz CT molecular complexity index is 5010.